The second-order valence-electron chi connectivity index (χ2n) is 5.26. The summed E-state index contributed by atoms with van der Waals surface area (Å²) in [5, 5.41) is 3.14. The quantitative estimate of drug-likeness (QED) is 0.850. The summed E-state index contributed by atoms with van der Waals surface area (Å²) in [5.74, 6) is 0.0332. The molecule has 1 aliphatic heterocycles. The van der Waals surface area contributed by atoms with Crippen molar-refractivity contribution in [1.29, 1.82) is 0 Å². The lowest BCUT2D eigenvalue weighted by atomic mass is 10.1. The fraction of sp³-hybridized carbons (Fsp3) is 0.533. The molecule has 4 heteroatoms. The number of hydrogen-bond donors (Lipinski definition) is 1. The van der Waals surface area contributed by atoms with Gasteiger partial charge in [-0.2, -0.15) is 0 Å². The first-order valence-corrected chi connectivity index (χ1v) is 7.81. The van der Waals surface area contributed by atoms with Gasteiger partial charge in [0.25, 0.3) is 0 Å². The third-order valence-corrected chi connectivity index (χ3v) is 4.79. The SMILES string of the molecule is O=C(NC1c2ccccc2CC1Br)C1CCCCO1. The summed E-state index contributed by atoms with van der Waals surface area (Å²) in [5.41, 5.74) is 2.55. The number of rotatable bonds is 2. The van der Waals surface area contributed by atoms with Gasteiger partial charge in [-0.3, -0.25) is 4.79 Å². The normalized spacial score (nSPS) is 29.8. The highest BCUT2D eigenvalue weighted by atomic mass is 79.9. The molecule has 0 spiro atoms. The number of fused-ring (bicyclic) bond motifs is 1. The Morgan fingerprint density at radius 3 is 2.95 bits per heavy atom. The van der Waals surface area contributed by atoms with E-state index < -0.39 is 0 Å². The first-order chi connectivity index (χ1) is 9.25. The van der Waals surface area contributed by atoms with Crippen molar-refractivity contribution in [3.63, 3.8) is 0 Å². The van der Waals surface area contributed by atoms with Crippen molar-refractivity contribution in [3.05, 3.63) is 35.4 Å². The fourth-order valence-electron chi connectivity index (χ4n) is 2.91. The van der Waals surface area contributed by atoms with Gasteiger partial charge in [-0.15, -0.1) is 0 Å². The van der Waals surface area contributed by atoms with E-state index in [9.17, 15) is 4.79 Å². The number of hydrogen-bond acceptors (Lipinski definition) is 2. The van der Waals surface area contributed by atoms with Crippen molar-refractivity contribution in [1.82, 2.24) is 5.32 Å². The van der Waals surface area contributed by atoms with Crippen LogP contribution in [0.2, 0.25) is 0 Å². The summed E-state index contributed by atoms with van der Waals surface area (Å²) >= 11 is 3.68. The van der Waals surface area contributed by atoms with Gasteiger partial charge in [-0.1, -0.05) is 40.2 Å². The minimum atomic E-state index is -0.263. The van der Waals surface area contributed by atoms with Crippen LogP contribution in [0.5, 0.6) is 0 Å². The fourth-order valence-corrected chi connectivity index (χ4v) is 3.67. The third kappa shape index (κ3) is 2.70. The van der Waals surface area contributed by atoms with Crippen molar-refractivity contribution in [3.8, 4) is 0 Å². The summed E-state index contributed by atoms with van der Waals surface area (Å²) in [6.07, 6.45) is 3.69. The van der Waals surface area contributed by atoms with Crippen LogP contribution in [-0.4, -0.2) is 23.4 Å². The van der Waals surface area contributed by atoms with E-state index in [-0.39, 0.29) is 22.9 Å². The lowest BCUT2D eigenvalue weighted by Gasteiger charge is -2.25. The van der Waals surface area contributed by atoms with E-state index in [0.717, 1.165) is 25.7 Å². The van der Waals surface area contributed by atoms with Crippen LogP contribution in [0, 0.1) is 0 Å². The van der Waals surface area contributed by atoms with Gasteiger partial charge >= 0.3 is 0 Å². The number of ether oxygens (including phenoxy) is 1. The Labute approximate surface area is 121 Å². The van der Waals surface area contributed by atoms with Crippen LogP contribution in [0.4, 0.5) is 0 Å². The minimum Gasteiger partial charge on any atom is -0.368 e. The van der Waals surface area contributed by atoms with Gasteiger partial charge in [-0.25, -0.2) is 0 Å². The molecule has 3 nitrogen and oxygen atoms in total. The first kappa shape index (κ1) is 13.1. The van der Waals surface area contributed by atoms with Crippen LogP contribution in [0.15, 0.2) is 24.3 Å². The maximum Gasteiger partial charge on any atom is 0.249 e. The van der Waals surface area contributed by atoms with Gasteiger partial charge in [0.1, 0.15) is 6.10 Å². The molecule has 102 valence electrons. The minimum absolute atomic E-state index is 0.0332. The van der Waals surface area contributed by atoms with Gasteiger partial charge in [0.05, 0.1) is 6.04 Å². The Morgan fingerprint density at radius 2 is 2.16 bits per heavy atom. The molecular formula is C15H18BrNO2. The Bertz CT molecular complexity index is 471. The smallest absolute Gasteiger partial charge is 0.249 e. The highest BCUT2D eigenvalue weighted by Crippen LogP contribution is 2.35. The summed E-state index contributed by atoms with van der Waals surface area (Å²) in [7, 11) is 0. The molecule has 1 amide bonds. The molecule has 1 aromatic carbocycles. The zero-order chi connectivity index (χ0) is 13.2. The predicted molar refractivity (Wildman–Crippen MR) is 77.3 cm³/mol. The van der Waals surface area contributed by atoms with Crippen LogP contribution in [-0.2, 0) is 16.0 Å². The lowest BCUT2D eigenvalue weighted by molar-refractivity contribution is -0.136. The topological polar surface area (TPSA) is 38.3 Å². The maximum absolute atomic E-state index is 12.3. The van der Waals surface area contributed by atoms with Crippen LogP contribution in [0.3, 0.4) is 0 Å². The van der Waals surface area contributed by atoms with Crippen LogP contribution in [0.25, 0.3) is 0 Å². The van der Waals surface area contributed by atoms with Crippen LogP contribution >= 0.6 is 15.9 Å². The van der Waals surface area contributed by atoms with Crippen LogP contribution < -0.4 is 5.32 Å². The highest BCUT2D eigenvalue weighted by Gasteiger charge is 2.33. The Morgan fingerprint density at radius 1 is 1.32 bits per heavy atom. The second-order valence-corrected chi connectivity index (χ2v) is 6.44. The van der Waals surface area contributed by atoms with Crippen molar-refractivity contribution in [2.75, 3.05) is 6.61 Å². The number of benzene rings is 1. The van der Waals surface area contributed by atoms with E-state index >= 15 is 0 Å². The molecule has 3 unspecified atom stereocenters. The zero-order valence-corrected chi connectivity index (χ0v) is 12.4. The van der Waals surface area contributed by atoms with E-state index in [1.54, 1.807) is 0 Å². The van der Waals surface area contributed by atoms with Gasteiger partial charge in [0, 0.05) is 11.4 Å². The van der Waals surface area contributed by atoms with Gasteiger partial charge in [0.2, 0.25) is 5.91 Å². The third-order valence-electron chi connectivity index (χ3n) is 3.94. The van der Waals surface area contributed by atoms with Gasteiger partial charge in [0.15, 0.2) is 0 Å². The molecule has 1 saturated heterocycles. The average molecular weight is 324 g/mol. The summed E-state index contributed by atoms with van der Waals surface area (Å²) in [6, 6.07) is 8.37. The molecule has 1 heterocycles. The maximum atomic E-state index is 12.3. The number of nitrogens with one attached hydrogen (secondary N) is 1. The standard InChI is InChI=1S/C15H18BrNO2/c16-12-9-10-5-1-2-6-11(10)14(12)17-15(18)13-7-3-4-8-19-13/h1-2,5-6,12-14H,3-4,7-9H2,(H,17,18). The molecule has 0 aromatic heterocycles. The first-order valence-electron chi connectivity index (χ1n) is 6.89. The Kier molecular flexibility index (Phi) is 3.89. The molecule has 3 rings (SSSR count). The molecule has 1 N–H and O–H groups in total. The van der Waals surface area contributed by atoms with Gasteiger partial charge in [-0.05, 0) is 36.8 Å². The second kappa shape index (κ2) is 5.63. The number of carbonyl (C=O) groups is 1. The number of alkyl halides is 1. The van der Waals surface area contributed by atoms with E-state index in [4.69, 9.17) is 4.74 Å². The largest absolute Gasteiger partial charge is 0.368 e. The molecule has 19 heavy (non-hydrogen) atoms. The van der Waals surface area contributed by atoms with Crippen molar-refractivity contribution < 1.29 is 9.53 Å². The molecule has 0 radical (unpaired) electrons. The summed E-state index contributed by atoms with van der Waals surface area (Å²) < 4.78 is 5.55. The Balaban J connectivity index is 1.71. The number of amides is 1. The average Bonchev–Trinajstić information content (AvgIpc) is 2.76. The van der Waals surface area contributed by atoms with Crippen molar-refractivity contribution in [2.45, 2.75) is 42.7 Å². The van der Waals surface area contributed by atoms with Crippen molar-refractivity contribution in [2.24, 2.45) is 0 Å². The molecule has 0 saturated carbocycles. The van der Waals surface area contributed by atoms with Crippen LogP contribution in [0.1, 0.15) is 36.4 Å². The molecular weight excluding hydrogens is 306 g/mol. The molecule has 3 atom stereocenters. The molecule has 1 fully saturated rings. The number of halogens is 1. The van der Waals surface area contributed by atoms with E-state index in [2.05, 4.69) is 33.4 Å². The molecule has 1 aromatic rings. The monoisotopic (exact) mass is 323 g/mol. The van der Waals surface area contributed by atoms with E-state index in [1.165, 1.54) is 11.1 Å². The molecule has 0 bridgehead atoms. The summed E-state index contributed by atoms with van der Waals surface area (Å²) in [6.45, 7) is 0.705. The zero-order valence-electron chi connectivity index (χ0n) is 10.8. The van der Waals surface area contributed by atoms with Gasteiger partial charge < -0.3 is 10.1 Å². The Hall–Kier alpha value is -0.870. The predicted octanol–water partition coefficient (Wildman–Crippen LogP) is 2.73. The molecule has 2 aliphatic rings. The van der Waals surface area contributed by atoms with E-state index in [1.807, 2.05) is 12.1 Å². The van der Waals surface area contributed by atoms with Crippen molar-refractivity contribution >= 4 is 21.8 Å². The summed E-state index contributed by atoms with van der Waals surface area (Å²) in [4.78, 5) is 12.5. The number of carbonyl (C=O) groups excluding carboxylic acids is 1. The highest BCUT2D eigenvalue weighted by molar-refractivity contribution is 9.09. The lowest BCUT2D eigenvalue weighted by Crippen LogP contribution is -2.41. The van der Waals surface area contributed by atoms with E-state index in [0.29, 0.717) is 6.61 Å². The molecule has 1 aliphatic carbocycles.